The molecule has 0 unspecified atom stereocenters. The van der Waals surface area contributed by atoms with Crippen LogP contribution in [0.1, 0.15) is 6.92 Å². The Bertz CT molecular complexity index is 870. The van der Waals surface area contributed by atoms with Crippen LogP contribution in [0.4, 0.5) is 5.69 Å². The number of fused-ring (bicyclic) bond motifs is 1. The van der Waals surface area contributed by atoms with Crippen LogP contribution >= 0.6 is 0 Å². The second-order valence-corrected chi connectivity index (χ2v) is 6.72. The molecule has 3 aromatic rings. The van der Waals surface area contributed by atoms with E-state index in [1.54, 1.807) is 19.1 Å². The molecule has 0 atom stereocenters. The summed E-state index contributed by atoms with van der Waals surface area (Å²) >= 11 is 0. The van der Waals surface area contributed by atoms with Gasteiger partial charge in [-0.3, -0.25) is 9.82 Å². The molecule has 0 aliphatic carbocycles. The lowest BCUT2D eigenvalue weighted by Gasteiger charge is -2.06. The van der Waals surface area contributed by atoms with E-state index in [-0.39, 0.29) is 5.75 Å². The van der Waals surface area contributed by atoms with Crippen LogP contribution in [-0.2, 0) is 10.0 Å². The zero-order valence-corrected chi connectivity index (χ0v) is 12.3. The maximum Gasteiger partial charge on any atom is 0.232 e. The Labute approximate surface area is 123 Å². The minimum Gasteiger partial charge on any atom is -0.284 e. The minimum absolute atomic E-state index is 0.0436. The Morgan fingerprint density at radius 2 is 1.90 bits per heavy atom. The number of hydrogen-bond acceptors (Lipinski definition) is 3. The predicted molar refractivity (Wildman–Crippen MR) is 84.6 cm³/mol. The molecule has 0 spiro atoms. The summed E-state index contributed by atoms with van der Waals surface area (Å²) in [5.41, 5.74) is 3.21. The zero-order valence-electron chi connectivity index (χ0n) is 11.5. The van der Waals surface area contributed by atoms with Crippen molar-refractivity contribution in [2.45, 2.75) is 6.92 Å². The molecule has 21 heavy (non-hydrogen) atoms. The van der Waals surface area contributed by atoms with Gasteiger partial charge in [-0.05, 0) is 25.1 Å². The van der Waals surface area contributed by atoms with Gasteiger partial charge >= 0.3 is 0 Å². The molecule has 0 saturated heterocycles. The summed E-state index contributed by atoms with van der Waals surface area (Å²) < 4.78 is 25.9. The molecule has 2 aromatic carbocycles. The van der Waals surface area contributed by atoms with Crippen LogP contribution in [0.3, 0.4) is 0 Å². The number of aromatic amines is 1. The Balaban J connectivity index is 2.09. The van der Waals surface area contributed by atoms with Crippen LogP contribution < -0.4 is 4.72 Å². The van der Waals surface area contributed by atoms with Gasteiger partial charge < -0.3 is 0 Å². The number of rotatable bonds is 4. The number of H-pyrrole nitrogens is 1. The number of nitrogens with zero attached hydrogens (tertiary/aromatic N) is 1. The molecule has 5 nitrogen and oxygen atoms in total. The lowest BCUT2D eigenvalue weighted by molar-refractivity contribution is 0.602. The topological polar surface area (TPSA) is 74.8 Å². The monoisotopic (exact) mass is 301 g/mol. The lowest BCUT2D eigenvalue weighted by Crippen LogP contribution is -2.14. The second kappa shape index (κ2) is 5.21. The fourth-order valence-corrected chi connectivity index (χ4v) is 2.78. The van der Waals surface area contributed by atoms with Gasteiger partial charge in [0.2, 0.25) is 10.0 Å². The van der Waals surface area contributed by atoms with E-state index < -0.39 is 10.0 Å². The van der Waals surface area contributed by atoms with Crippen LogP contribution in [-0.4, -0.2) is 24.4 Å². The van der Waals surface area contributed by atoms with E-state index in [1.165, 1.54) is 0 Å². The highest BCUT2D eigenvalue weighted by molar-refractivity contribution is 7.92. The summed E-state index contributed by atoms with van der Waals surface area (Å²) in [4.78, 5) is 0. The normalized spacial score (nSPS) is 11.7. The van der Waals surface area contributed by atoms with E-state index in [9.17, 15) is 8.42 Å². The maximum absolute atomic E-state index is 11.7. The Kier molecular flexibility index (Phi) is 3.39. The van der Waals surface area contributed by atoms with Gasteiger partial charge in [-0.1, -0.05) is 30.3 Å². The molecule has 108 valence electrons. The molecule has 0 saturated carbocycles. The van der Waals surface area contributed by atoms with Crippen molar-refractivity contribution in [2.75, 3.05) is 10.5 Å². The van der Waals surface area contributed by atoms with Gasteiger partial charge in [0, 0.05) is 16.6 Å². The van der Waals surface area contributed by atoms with Gasteiger partial charge in [-0.25, -0.2) is 8.42 Å². The number of benzene rings is 2. The first-order valence-electron chi connectivity index (χ1n) is 6.63. The molecule has 0 aliphatic rings. The van der Waals surface area contributed by atoms with E-state index >= 15 is 0 Å². The van der Waals surface area contributed by atoms with Gasteiger partial charge in [0.15, 0.2) is 0 Å². The van der Waals surface area contributed by atoms with Crippen LogP contribution in [0.5, 0.6) is 0 Å². The van der Waals surface area contributed by atoms with Crippen molar-refractivity contribution in [3.05, 3.63) is 48.5 Å². The highest BCUT2D eigenvalue weighted by Gasteiger charge is 2.11. The molecule has 0 amide bonds. The molecular weight excluding hydrogens is 286 g/mol. The summed E-state index contributed by atoms with van der Waals surface area (Å²) in [6.45, 7) is 1.61. The summed E-state index contributed by atoms with van der Waals surface area (Å²) in [6, 6.07) is 15.1. The van der Waals surface area contributed by atoms with Crippen molar-refractivity contribution in [3.8, 4) is 11.3 Å². The first-order valence-corrected chi connectivity index (χ1v) is 8.28. The number of aromatic nitrogens is 2. The molecule has 0 aliphatic heterocycles. The summed E-state index contributed by atoms with van der Waals surface area (Å²) in [5.74, 6) is 0.0436. The summed E-state index contributed by atoms with van der Waals surface area (Å²) in [5, 5.41) is 8.17. The van der Waals surface area contributed by atoms with Gasteiger partial charge in [-0.15, -0.1) is 0 Å². The van der Waals surface area contributed by atoms with E-state index in [0.717, 1.165) is 22.2 Å². The van der Waals surface area contributed by atoms with Crippen molar-refractivity contribution < 1.29 is 8.42 Å². The number of hydrogen-bond donors (Lipinski definition) is 2. The van der Waals surface area contributed by atoms with E-state index in [4.69, 9.17) is 0 Å². The molecule has 0 fully saturated rings. The third kappa shape index (κ3) is 2.75. The fraction of sp³-hybridized carbons (Fsp3) is 0.133. The molecule has 1 aromatic heterocycles. The van der Waals surface area contributed by atoms with Crippen molar-refractivity contribution in [1.82, 2.24) is 10.2 Å². The first-order chi connectivity index (χ1) is 10.1. The highest BCUT2D eigenvalue weighted by Crippen LogP contribution is 2.28. The van der Waals surface area contributed by atoms with Crippen LogP contribution in [0.25, 0.3) is 22.2 Å². The van der Waals surface area contributed by atoms with Crippen molar-refractivity contribution >= 4 is 26.6 Å². The third-order valence-electron chi connectivity index (χ3n) is 3.26. The zero-order chi connectivity index (χ0) is 14.9. The van der Waals surface area contributed by atoms with Crippen LogP contribution in [0.2, 0.25) is 0 Å². The lowest BCUT2D eigenvalue weighted by atomic mass is 10.1. The molecule has 2 N–H and O–H groups in total. The molecule has 0 radical (unpaired) electrons. The van der Waals surface area contributed by atoms with Crippen LogP contribution in [0, 0.1) is 0 Å². The number of anilines is 1. The highest BCUT2D eigenvalue weighted by atomic mass is 32.2. The van der Waals surface area contributed by atoms with Crippen molar-refractivity contribution in [3.63, 3.8) is 0 Å². The van der Waals surface area contributed by atoms with Gasteiger partial charge in [0.05, 0.1) is 17.0 Å². The summed E-state index contributed by atoms with van der Waals surface area (Å²) in [6.07, 6.45) is 0. The third-order valence-corrected chi connectivity index (χ3v) is 4.57. The Morgan fingerprint density at radius 1 is 1.14 bits per heavy atom. The quantitative estimate of drug-likeness (QED) is 0.778. The van der Waals surface area contributed by atoms with E-state index in [2.05, 4.69) is 14.9 Å². The average molecular weight is 301 g/mol. The van der Waals surface area contributed by atoms with Crippen molar-refractivity contribution in [2.24, 2.45) is 0 Å². The maximum atomic E-state index is 11.7. The molecule has 1 heterocycles. The SMILES string of the molecule is CCS(=O)(=O)Nc1ccc2[nH]nc(-c3ccccc3)c2c1. The van der Waals surface area contributed by atoms with Gasteiger partial charge in [0.1, 0.15) is 0 Å². The van der Waals surface area contributed by atoms with E-state index in [1.807, 2.05) is 36.4 Å². The molecule has 3 rings (SSSR count). The van der Waals surface area contributed by atoms with Crippen molar-refractivity contribution in [1.29, 1.82) is 0 Å². The largest absolute Gasteiger partial charge is 0.284 e. The Morgan fingerprint density at radius 3 is 2.62 bits per heavy atom. The first kappa shape index (κ1) is 13.6. The smallest absolute Gasteiger partial charge is 0.232 e. The minimum atomic E-state index is -3.28. The van der Waals surface area contributed by atoms with Gasteiger partial charge in [-0.2, -0.15) is 5.10 Å². The Hall–Kier alpha value is -2.34. The molecular formula is C15H15N3O2S. The average Bonchev–Trinajstić information content (AvgIpc) is 2.91. The van der Waals surface area contributed by atoms with E-state index in [0.29, 0.717) is 5.69 Å². The second-order valence-electron chi connectivity index (χ2n) is 4.70. The van der Waals surface area contributed by atoms with Crippen LogP contribution in [0.15, 0.2) is 48.5 Å². The standard InChI is InChI=1S/C15H15N3O2S/c1-2-21(19,20)18-12-8-9-14-13(10-12)15(17-16-14)11-6-4-3-5-7-11/h3-10,18H,2H2,1H3,(H,16,17). The number of nitrogens with one attached hydrogen (secondary N) is 2. The number of sulfonamides is 1. The molecule has 0 bridgehead atoms. The summed E-state index contributed by atoms with van der Waals surface area (Å²) in [7, 11) is -3.28. The molecule has 6 heteroatoms. The fourth-order valence-electron chi connectivity index (χ4n) is 2.15. The van der Waals surface area contributed by atoms with Gasteiger partial charge in [0.25, 0.3) is 0 Å². The predicted octanol–water partition coefficient (Wildman–Crippen LogP) is 2.99.